The summed E-state index contributed by atoms with van der Waals surface area (Å²) in [7, 11) is 0. The Labute approximate surface area is 180 Å². The lowest BCUT2D eigenvalue weighted by Crippen LogP contribution is -2.53. The van der Waals surface area contributed by atoms with Crippen LogP contribution in [0, 0.1) is 0 Å². The number of unbranched alkanes of at least 4 members (excludes halogenated alkanes) is 12. The summed E-state index contributed by atoms with van der Waals surface area (Å²) >= 11 is 0. The number of aliphatic hydroxyl groups is 3. The molecule has 0 bridgehead atoms. The van der Waals surface area contributed by atoms with Crippen molar-refractivity contribution in [3.8, 4) is 0 Å². The Morgan fingerprint density at radius 3 is 1.31 bits per heavy atom. The smallest absolute Gasteiger partial charge is 0.102 e. The fourth-order valence-corrected chi connectivity index (χ4v) is 4.00. The first-order chi connectivity index (χ1) is 13.7. The zero-order valence-electron chi connectivity index (χ0n) is 19.2. The number of quaternary nitrogens is 1. The van der Waals surface area contributed by atoms with Crippen LogP contribution in [-0.2, 0) is 0 Å². The number of allylic oxidation sites excluding steroid dienone is 2. The molecule has 0 atom stereocenters. The third-order valence-corrected chi connectivity index (χ3v) is 5.87. The van der Waals surface area contributed by atoms with E-state index in [4.69, 9.17) is 0 Å². The third kappa shape index (κ3) is 19.3. The molecule has 0 aliphatic heterocycles. The Morgan fingerprint density at radius 2 is 0.897 bits per heavy atom. The van der Waals surface area contributed by atoms with Crippen molar-refractivity contribution in [1.82, 2.24) is 0 Å². The van der Waals surface area contributed by atoms with E-state index in [-0.39, 0.29) is 25.3 Å². The Morgan fingerprint density at radius 1 is 0.517 bits per heavy atom. The van der Waals surface area contributed by atoms with Crippen molar-refractivity contribution < 1.29 is 25.3 Å². The SMILES string of the molecule is CCCCCCCC/C=C\CCCCCCCC[N+](CCO)(CCO)CCO.[OH-]. The molecule has 5 heteroatoms. The molecule has 4 N–H and O–H groups in total. The summed E-state index contributed by atoms with van der Waals surface area (Å²) in [6.07, 6.45) is 23.0. The van der Waals surface area contributed by atoms with E-state index in [9.17, 15) is 15.3 Å². The highest BCUT2D eigenvalue weighted by atomic mass is 16.3. The van der Waals surface area contributed by atoms with Crippen molar-refractivity contribution >= 4 is 0 Å². The highest BCUT2D eigenvalue weighted by molar-refractivity contribution is 4.81. The summed E-state index contributed by atoms with van der Waals surface area (Å²) < 4.78 is 0.646. The molecule has 0 unspecified atom stereocenters. The fraction of sp³-hybridized carbons (Fsp3) is 0.917. The molecule has 5 nitrogen and oxygen atoms in total. The molecule has 0 spiro atoms. The molecule has 0 aromatic rings. The summed E-state index contributed by atoms with van der Waals surface area (Å²) in [5, 5.41) is 27.9. The van der Waals surface area contributed by atoms with Crippen LogP contribution >= 0.6 is 0 Å². The molecule has 29 heavy (non-hydrogen) atoms. The molecular weight excluding hydrogens is 366 g/mol. The highest BCUT2D eigenvalue weighted by Crippen LogP contribution is 2.13. The second-order valence-corrected chi connectivity index (χ2v) is 8.34. The molecule has 0 aromatic carbocycles. The molecule has 0 radical (unpaired) electrons. The van der Waals surface area contributed by atoms with Crippen molar-refractivity contribution in [2.45, 2.75) is 96.8 Å². The summed E-state index contributed by atoms with van der Waals surface area (Å²) in [5.41, 5.74) is 0. The zero-order chi connectivity index (χ0) is 20.8. The molecule has 0 saturated carbocycles. The zero-order valence-corrected chi connectivity index (χ0v) is 19.2. The van der Waals surface area contributed by atoms with E-state index in [1.165, 1.54) is 83.5 Å². The van der Waals surface area contributed by atoms with Gasteiger partial charge in [0.1, 0.15) is 19.6 Å². The van der Waals surface area contributed by atoms with Crippen LogP contribution < -0.4 is 0 Å². The summed E-state index contributed by atoms with van der Waals surface area (Å²) in [6, 6.07) is 0. The molecule has 0 heterocycles. The third-order valence-electron chi connectivity index (χ3n) is 5.87. The molecular formula is C24H51NO4. The average molecular weight is 418 g/mol. The molecule has 176 valence electrons. The van der Waals surface area contributed by atoms with Gasteiger partial charge in [-0.1, -0.05) is 70.4 Å². The van der Waals surface area contributed by atoms with Crippen LogP contribution in [0.1, 0.15) is 96.8 Å². The van der Waals surface area contributed by atoms with Gasteiger partial charge < -0.3 is 25.3 Å². The standard InChI is InChI=1S/C24H50NO3.H2O/c1-2-3-4-5-6-7-8-9-10-11-12-13-14-15-16-17-18-25(19-22-26,20-23-27)21-24-28;/h9-10,26-28H,2-8,11-24H2,1H3;1H2/q+1;/p-1/b10-9-;. The van der Waals surface area contributed by atoms with E-state index in [0.29, 0.717) is 24.1 Å². The van der Waals surface area contributed by atoms with Gasteiger partial charge in [0.2, 0.25) is 0 Å². The summed E-state index contributed by atoms with van der Waals surface area (Å²) in [5.74, 6) is 0. The number of nitrogens with zero attached hydrogens (tertiary/aromatic N) is 1. The number of aliphatic hydroxyl groups excluding tert-OH is 3. The predicted octanol–water partition coefficient (Wildman–Crippen LogP) is 4.64. The average Bonchev–Trinajstić information content (AvgIpc) is 2.68. The van der Waals surface area contributed by atoms with E-state index in [0.717, 1.165) is 13.0 Å². The van der Waals surface area contributed by atoms with Crippen molar-refractivity contribution in [3.63, 3.8) is 0 Å². The van der Waals surface area contributed by atoms with Gasteiger partial charge >= 0.3 is 0 Å². The van der Waals surface area contributed by atoms with Gasteiger partial charge in [-0.3, -0.25) is 0 Å². The quantitative estimate of drug-likeness (QED) is 0.136. The number of rotatable bonds is 22. The lowest BCUT2D eigenvalue weighted by atomic mass is 10.1. The Balaban J connectivity index is 0. The van der Waals surface area contributed by atoms with Crippen LogP contribution in [-0.4, -0.2) is 71.3 Å². The Kier molecular flexibility index (Phi) is 25.2. The number of hydrogen-bond donors (Lipinski definition) is 3. The minimum atomic E-state index is 0. The van der Waals surface area contributed by atoms with Crippen LogP contribution in [0.2, 0.25) is 0 Å². The van der Waals surface area contributed by atoms with Gasteiger partial charge in [-0.2, -0.15) is 0 Å². The van der Waals surface area contributed by atoms with E-state index in [2.05, 4.69) is 19.1 Å². The Bertz CT molecular complexity index is 320. The van der Waals surface area contributed by atoms with Crippen molar-refractivity contribution in [2.24, 2.45) is 0 Å². The largest absolute Gasteiger partial charge is 0.870 e. The van der Waals surface area contributed by atoms with Gasteiger partial charge in [-0.05, 0) is 38.5 Å². The second kappa shape index (κ2) is 23.8. The van der Waals surface area contributed by atoms with Gasteiger partial charge in [0.15, 0.2) is 0 Å². The minimum absolute atomic E-state index is 0. The molecule has 0 aliphatic rings. The molecule has 0 aromatic heterocycles. The lowest BCUT2D eigenvalue weighted by molar-refractivity contribution is -0.929. The second-order valence-electron chi connectivity index (χ2n) is 8.34. The first-order valence-corrected chi connectivity index (χ1v) is 12.1. The number of hydrogen-bond acceptors (Lipinski definition) is 4. The molecule has 0 fully saturated rings. The molecule has 0 amide bonds. The predicted molar refractivity (Wildman–Crippen MR) is 122 cm³/mol. The fourth-order valence-electron chi connectivity index (χ4n) is 4.00. The Hall–Kier alpha value is -0.460. The van der Waals surface area contributed by atoms with Gasteiger partial charge in [-0.15, -0.1) is 0 Å². The molecule has 0 aliphatic carbocycles. The van der Waals surface area contributed by atoms with Crippen molar-refractivity contribution in [3.05, 3.63) is 12.2 Å². The van der Waals surface area contributed by atoms with E-state index < -0.39 is 0 Å². The van der Waals surface area contributed by atoms with Crippen LogP contribution in [0.25, 0.3) is 0 Å². The van der Waals surface area contributed by atoms with E-state index in [1.807, 2.05) is 0 Å². The maximum atomic E-state index is 9.31. The van der Waals surface area contributed by atoms with Gasteiger partial charge in [0, 0.05) is 0 Å². The monoisotopic (exact) mass is 417 g/mol. The van der Waals surface area contributed by atoms with Crippen LogP contribution in [0.5, 0.6) is 0 Å². The first-order valence-electron chi connectivity index (χ1n) is 12.1. The normalized spacial score (nSPS) is 11.9. The van der Waals surface area contributed by atoms with Gasteiger partial charge in [0.05, 0.1) is 26.4 Å². The van der Waals surface area contributed by atoms with Crippen molar-refractivity contribution in [2.75, 3.05) is 46.0 Å². The van der Waals surface area contributed by atoms with Crippen molar-refractivity contribution in [1.29, 1.82) is 0 Å². The van der Waals surface area contributed by atoms with Crippen LogP contribution in [0.4, 0.5) is 0 Å². The summed E-state index contributed by atoms with van der Waals surface area (Å²) in [6.45, 7) is 5.46. The van der Waals surface area contributed by atoms with Gasteiger partial charge in [-0.25, -0.2) is 0 Å². The molecule has 0 saturated heterocycles. The van der Waals surface area contributed by atoms with Crippen LogP contribution in [0.15, 0.2) is 12.2 Å². The van der Waals surface area contributed by atoms with E-state index in [1.54, 1.807) is 0 Å². The minimum Gasteiger partial charge on any atom is -0.870 e. The molecule has 0 rings (SSSR count). The van der Waals surface area contributed by atoms with E-state index >= 15 is 0 Å². The highest BCUT2D eigenvalue weighted by Gasteiger charge is 2.25. The lowest BCUT2D eigenvalue weighted by Gasteiger charge is -2.37. The summed E-state index contributed by atoms with van der Waals surface area (Å²) in [4.78, 5) is 0. The first kappa shape index (κ1) is 30.7. The maximum Gasteiger partial charge on any atom is 0.102 e. The topological polar surface area (TPSA) is 90.7 Å². The maximum absolute atomic E-state index is 9.31. The van der Waals surface area contributed by atoms with Crippen LogP contribution in [0.3, 0.4) is 0 Å². The van der Waals surface area contributed by atoms with Gasteiger partial charge in [0.25, 0.3) is 0 Å².